The number of esters is 2. The van der Waals surface area contributed by atoms with Crippen molar-refractivity contribution >= 4 is 28.2 Å². The summed E-state index contributed by atoms with van der Waals surface area (Å²) in [7, 11) is 0. The molecule has 0 saturated carbocycles. The molecule has 1 aliphatic rings. The SMILES string of the molecule is CCC(=O)OC[C@H]1O[C@@H](n2cc(C)c(=O)[nH]c2=O)[C@H](OBr)[C@H]1OC(=O)CC. The molecule has 1 aliphatic heterocycles. The lowest BCUT2D eigenvalue weighted by Gasteiger charge is -2.22. The lowest BCUT2D eigenvalue weighted by atomic mass is 10.1. The number of hydrogen-bond acceptors (Lipinski definition) is 8. The van der Waals surface area contributed by atoms with Gasteiger partial charge in [0, 0.05) is 24.6 Å². The molecule has 1 N–H and O–H groups in total. The zero-order valence-corrected chi connectivity index (χ0v) is 16.7. The summed E-state index contributed by atoms with van der Waals surface area (Å²) in [6.07, 6.45) is -2.12. The standard InChI is InChI=1S/C16H21BrN2O8/c1-4-10(20)24-7-9-12(26-11(21)5-2)13(27-17)15(25-9)19-6-8(3)14(22)18-16(19)23/h6,9,12-13,15H,4-5,7H2,1-3H3,(H,18,22,23)/t9-,12+,13-,15-/m1/s1. The van der Waals surface area contributed by atoms with Gasteiger partial charge in [-0.15, -0.1) is 0 Å². The van der Waals surface area contributed by atoms with Crippen molar-refractivity contribution < 1.29 is 27.6 Å². The molecule has 0 aliphatic carbocycles. The summed E-state index contributed by atoms with van der Waals surface area (Å²) in [5, 5.41) is 0. The minimum Gasteiger partial charge on any atom is -0.463 e. The Labute approximate surface area is 163 Å². The Balaban J connectivity index is 2.36. The van der Waals surface area contributed by atoms with Gasteiger partial charge in [-0.05, 0) is 6.92 Å². The van der Waals surface area contributed by atoms with E-state index in [9.17, 15) is 19.2 Å². The van der Waals surface area contributed by atoms with E-state index >= 15 is 0 Å². The molecule has 0 radical (unpaired) electrons. The molecule has 0 amide bonds. The van der Waals surface area contributed by atoms with Gasteiger partial charge in [0.2, 0.25) is 0 Å². The van der Waals surface area contributed by atoms with Crippen LogP contribution in [0.4, 0.5) is 0 Å². The Bertz CT molecular complexity index is 804. The number of carbonyl (C=O) groups excluding carboxylic acids is 2. The van der Waals surface area contributed by atoms with Crippen molar-refractivity contribution in [1.29, 1.82) is 0 Å². The second-order valence-corrected chi connectivity index (χ2v) is 6.32. The third-order valence-electron chi connectivity index (χ3n) is 4.06. The van der Waals surface area contributed by atoms with Gasteiger partial charge in [-0.3, -0.25) is 27.8 Å². The molecule has 1 saturated heterocycles. The number of aromatic nitrogens is 2. The van der Waals surface area contributed by atoms with Crippen LogP contribution in [0, 0.1) is 6.92 Å². The number of H-pyrrole nitrogens is 1. The number of carbonyl (C=O) groups is 2. The van der Waals surface area contributed by atoms with Gasteiger partial charge in [0.25, 0.3) is 5.56 Å². The van der Waals surface area contributed by atoms with Crippen LogP contribution in [0.3, 0.4) is 0 Å². The first kappa shape index (κ1) is 21.3. The number of aromatic amines is 1. The van der Waals surface area contributed by atoms with E-state index < -0.39 is 47.7 Å². The number of rotatable bonds is 7. The summed E-state index contributed by atoms with van der Waals surface area (Å²) in [5.74, 6) is -0.952. The second-order valence-electron chi connectivity index (χ2n) is 5.94. The molecule has 4 atom stereocenters. The fourth-order valence-electron chi connectivity index (χ4n) is 2.59. The highest BCUT2D eigenvalue weighted by atomic mass is 79.9. The van der Waals surface area contributed by atoms with Crippen LogP contribution in [0.5, 0.6) is 0 Å². The van der Waals surface area contributed by atoms with Crippen LogP contribution in [0.1, 0.15) is 38.5 Å². The predicted molar refractivity (Wildman–Crippen MR) is 95.2 cm³/mol. The molecule has 150 valence electrons. The Hall–Kier alpha value is -1.98. The van der Waals surface area contributed by atoms with Crippen LogP contribution in [0.25, 0.3) is 0 Å². The highest BCUT2D eigenvalue weighted by Crippen LogP contribution is 2.34. The Kier molecular flexibility index (Phi) is 7.33. The summed E-state index contributed by atoms with van der Waals surface area (Å²) in [4.78, 5) is 49.3. The topological polar surface area (TPSA) is 126 Å². The van der Waals surface area contributed by atoms with Crippen molar-refractivity contribution in [3.8, 4) is 0 Å². The summed E-state index contributed by atoms with van der Waals surface area (Å²) < 4.78 is 22.7. The summed E-state index contributed by atoms with van der Waals surface area (Å²) >= 11 is 2.88. The summed E-state index contributed by atoms with van der Waals surface area (Å²) in [6.45, 7) is 4.61. The Morgan fingerprint density at radius 1 is 1.22 bits per heavy atom. The summed E-state index contributed by atoms with van der Waals surface area (Å²) in [6, 6.07) is 0. The molecule has 0 bridgehead atoms. The molecule has 0 spiro atoms. The molecule has 27 heavy (non-hydrogen) atoms. The molecule has 1 fully saturated rings. The van der Waals surface area contributed by atoms with E-state index in [0.717, 1.165) is 4.57 Å². The first-order valence-corrected chi connectivity index (χ1v) is 9.07. The third kappa shape index (κ3) is 4.85. The van der Waals surface area contributed by atoms with Gasteiger partial charge in [-0.1, -0.05) is 13.8 Å². The Morgan fingerprint density at radius 3 is 2.48 bits per heavy atom. The Morgan fingerprint density at radius 2 is 1.89 bits per heavy atom. The van der Waals surface area contributed by atoms with Crippen LogP contribution >= 0.6 is 16.3 Å². The van der Waals surface area contributed by atoms with Crippen molar-refractivity contribution in [3.05, 3.63) is 32.6 Å². The molecule has 2 heterocycles. The average Bonchev–Trinajstić information content (AvgIpc) is 2.99. The van der Waals surface area contributed by atoms with E-state index in [1.807, 2.05) is 0 Å². The second kappa shape index (κ2) is 9.29. The van der Waals surface area contributed by atoms with Gasteiger partial charge < -0.3 is 14.2 Å². The smallest absolute Gasteiger partial charge is 0.330 e. The molecule has 1 aromatic rings. The fourth-order valence-corrected chi connectivity index (χ4v) is 2.99. The molecule has 1 aromatic heterocycles. The normalized spacial score (nSPS) is 24.6. The zero-order valence-electron chi connectivity index (χ0n) is 15.1. The number of nitrogens with one attached hydrogen (secondary N) is 1. The molecular formula is C16H21BrN2O8. The minimum atomic E-state index is -1.02. The number of aryl methyl sites for hydroxylation is 1. The number of halogens is 1. The fraction of sp³-hybridized carbons (Fsp3) is 0.625. The van der Waals surface area contributed by atoms with E-state index in [1.54, 1.807) is 13.8 Å². The van der Waals surface area contributed by atoms with E-state index in [-0.39, 0.29) is 25.0 Å². The van der Waals surface area contributed by atoms with Gasteiger partial charge in [0.15, 0.2) is 18.4 Å². The quantitative estimate of drug-likeness (QED) is 0.604. The van der Waals surface area contributed by atoms with Crippen LogP contribution < -0.4 is 11.2 Å². The van der Waals surface area contributed by atoms with Gasteiger partial charge in [0.05, 0.1) is 16.3 Å². The number of ether oxygens (including phenoxy) is 3. The van der Waals surface area contributed by atoms with Gasteiger partial charge >= 0.3 is 17.6 Å². The molecule has 0 unspecified atom stereocenters. The van der Waals surface area contributed by atoms with Crippen LogP contribution in [0.15, 0.2) is 15.8 Å². The van der Waals surface area contributed by atoms with E-state index in [0.29, 0.717) is 0 Å². The van der Waals surface area contributed by atoms with Crippen molar-refractivity contribution in [2.75, 3.05) is 6.61 Å². The first-order valence-electron chi connectivity index (χ1n) is 8.42. The monoisotopic (exact) mass is 448 g/mol. The van der Waals surface area contributed by atoms with Gasteiger partial charge in [-0.25, -0.2) is 4.79 Å². The number of hydrogen-bond donors (Lipinski definition) is 1. The van der Waals surface area contributed by atoms with Gasteiger partial charge in [-0.2, -0.15) is 0 Å². The zero-order chi connectivity index (χ0) is 20.1. The predicted octanol–water partition coefficient (Wildman–Crippen LogP) is 0.713. The maximum Gasteiger partial charge on any atom is 0.330 e. The van der Waals surface area contributed by atoms with Crippen molar-refractivity contribution in [1.82, 2.24) is 9.55 Å². The molecule has 10 nitrogen and oxygen atoms in total. The van der Waals surface area contributed by atoms with Crippen LogP contribution in [-0.4, -0.2) is 46.4 Å². The molecule has 11 heteroatoms. The first-order chi connectivity index (χ1) is 12.8. The largest absolute Gasteiger partial charge is 0.463 e. The number of nitrogens with zero attached hydrogens (tertiary/aromatic N) is 1. The molecule has 2 rings (SSSR count). The maximum absolute atomic E-state index is 12.2. The lowest BCUT2D eigenvalue weighted by Crippen LogP contribution is -2.41. The van der Waals surface area contributed by atoms with Crippen molar-refractivity contribution in [2.24, 2.45) is 0 Å². The van der Waals surface area contributed by atoms with Crippen LogP contribution in [-0.2, 0) is 27.6 Å². The highest BCUT2D eigenvalue weighted by Gasteiger charge is 2.49. The van der Waals surface area contributed by atoms with E-state index in [4.69, 9.17) is 18.0 Å². The lowest BCUT2D eigenvalue weighted by molar-refractivity contribution is -0.159. The van der Waals surface area contributed by atoms with Crippen LogP contribution in [0.2, 0.25) is 0 Å². The molecule has 0 aromatic carbocycles. The van der Waals surface area contributed by atoms with E-state index in [2.05, 4.69) is 21.2 Å². The van der Waals surface area contributed by atoms with Crippen molar-refractivity contribution in [3.63, 3.8) is 0 Å². The van der Waals surface area contributed by atoms with E-state index in [1.165, 1.54) is 13.1 Å². The molecular weight excluding hydrogens is 428 g/mol. The summed E-state index contributed by atoms with van der Waals surface area (Å²) in [5.41, 5.74) is -0.945. The highest BCUT2D eigenvalue weighted by molar-refractivity contribution is 9.06. The van der Waals surface area contributed by atoms with Crippen molar-refractivity contribution in [2.45, 2.75) is 58.2 Å². The minimum absolute atomic E-state index is 0.120. The maximum atomic E-state index is 12.2. The van der Waals surface area contributed by atoms with Gasteiger partial charge in [0.1, 0.15) is 12.7 Å². The average molecular weight is 449 g/mol. The third-order valence-corrected chi connectivity index (χ3v) is 4.49.